The molecule has 7 heteroatoms. The van der Waals surface area contributed by atoms with E-state index in [1.807, 2.05) is 0 Å². The molecule has 1 amide bonds. The average Bonchev–Trinajstić information content (AvgIpc) is 2.69. The number of amides is 1. The van der Waals surface area contributed by atoms with Crippen molar-refractivity contribution in [2.45, 2.75) is 123 Å². The number of aliphatic carboxylic acids is 1. The van der Waals surface area contributed by atoms with Crippen LogP contribution in [0.25, 0.3) is 0 Å². The molecule has 0 heterocycles. The molecule has 0 aliphatic carbocycles. The third-order valence-electron chi connectivity index (χ3n) is 5.51. The van der Waals surface area contributed by atoms with Crippen LogP contribution in [0.3, 0.4) is 0 Å². The summed E-state index contributed by atoms with van der Waals surface area (Å²) < 4.78 is 0. The van der Waals surface area contributed by atoms with Crippen LogP contribution in [0, 0.1) is 5.92 Å². The lowest BCUT2D eigenvalue weighted by atomic mass is 10.0. The third-order valence-corrected chi connectivity index (χ3v) is 5.51. The van der Waals surface area contributed by atoms with E-state index in [0.717, 1.165) is 25.2 Å². The quantitative estimate of drug-likeness (QED) is 0.116. The van der Waals surface area contributed by atoms with Gasteiger partial charge in [-0.25, -0.2) is 4.79 Å². The summed E-state index contributed by atoms with van der Waals surface area (Å²) in [5.41, 5.74) is 10.5. The topological polar surface area (TPSA) is 131 Å². The second-order valence-corrected chi connectivity index (χ2v) is 9.08. The first-order chi connectivity index (χ1) is 14.8. The van der Waals surface area contributed by atoms with Gasteiger partial charge in [0, 0.05) is 13.0 Å². The van der Waals surface area contributed by atoms with E-state index < -0.39 is 12.0 Å². The van der Waals surface area contributed by atoms with Crippen LogP contribution in [0.15, 0.2) is 4.99 Å². The lowest BCUT2D eigenvalue weighted by Crippen LogP contribution is -2.40. The van der Waals surface area contributed by atoms with Gasteiger partial charge in [0.25, 0.3) is 0 Å². The molecule has 0 fully saturated rings. The van der Waals surface area contributed by atoms with Crippen LogP contribution >= 0.6 is 0 Å². The first-order valence-corrected chi connectivity index (χ1v) is 12.4. The van der Waals surface area contributed by atoms with Crippen molar-refractivity contribution in [1.82, 2.24) is 5.32 Å². The van der Waals surface area contributed by atoms with Gasteiger partial charge in [-0.2, -0.15) is 0 Å². The largest absolute Gasteiger partial charge is 0.480 e. The fourth-order valence-corrected chi connectivity index (χ4v) is 3.63. The summed E-state index contributed by atoms with van der Waals surface area (Å²) in [5, 5.41) is 11.8. The van der Waals surface area contributed by atoms with E-state index in [4.69, 9.17) is 11.5 Å². The van der Waals surface area contributed by atoms with E-state index >= 15 is 0 Å². The maximum absolute atomic E-state index is 12.0. The number of carboxylic acid groups (broad SMARTS) is 1. The van der Waals surface area contributed by atoms with Crippen molar-refractivity contribution in [3.05, 3.63) is 0 Å². The highest BCUT2D eigenvalue weighted by molar-refractivity contribution is 5.83. The van der Waals surface area contributed by atoms with Gasteiger partial charge in [-0.1, -0.05) is 90.9 Å². The first kappa shape index (κ1) is 29.2. The minimum Gasteiger partial charge on any atom is -0.480 e. The number of unbranched alkanes of at least 4 members (excludes halogenated alkanes) is 11. The third kappa shape index (κ3) is 21.2. The monoisotopic (exact) mass is 440 g/mol. The lowest BCUT2D eigenvalue weighted by molar-refractivity contribution is -0.142. The van der Waals surface area contributed by atoms with Crippen molar-refractivity contribution >= 4 is 17.8 Å². The van der Waals surface area contributed by atoms with Gasteiger partial charge in [0.2, 0.25) is 5.91 Å². The highest BCUT2D eigenvalue weighted by atomic mass is 16.4. The molecule has 0 aromatic rings. The zero-order valence-electron chi connectivity index (χ0n) is 20.0. The van der Waals surface area contributed by atoms with Gasteiger partial charge in [-0.05, 0) is 25.2 Å². The van der Waals surface area contributed by atoms with Crippen LogP contribution in [0.4, 0.5) is 0 Å². The van der Waals surface area contributed by atoms with Crippen LogP contribution < -0.4 is 16.8 Å². The number of rotatable bonds is 21. The number of carbonyl (C=O) groups excluding carboxylic acids is 1. The molecule has 0 saturated carbocycles. The Morgan fingerprint density at radius 3 is 1.71 bits per heavy atom. The zero-order valence-corrected chi connectivity index (χ0v) is 20.0. The molecule has 0 radical (unpaired) electrons. The summed E-state index contributed by atoms with van der Waals surface area (Å²) in [6.45, 7) is 4.95. The molecular weight excluding hydrogens is 392 g/mol. The van der Waals surface area contributed by atoms with Gasteiger partial charge >= 0.3 is 5.97 Å². The molecule has 0 aliphatic heterocycles. The molecule has 0 aliphatic rings. The van der Waals surface area contributed by atoms with Crippen molar-refractivity contribution in [2.24, 2.45) is 22.4 Å². The first-order valence-electron chi connectivity index (χ1n) is 12.4. The van der Waals surface area contributed by atoms with Crippen molar-refractivity contribution in [3.63, 3.8) is 0 Å². The number of guanidine groups is 1. The number of carboxylic acids is 1. The Kier molecular flexibility index (Phi) is 19.0. The van der Waals surface area contributed by atoms with E-state index in [1.54, 1.807) is 0 Å². The van der Waals surface area contributed by atoms with Gasteiger partial charge in [-0.15, -0.1) is 0 Å². The number of aliphatic imine (C=N–C) groups is 1. The number of nitrogens with zero attached hydrogens (tertiary/aromatic N) is 1. The minimum absolute atomic E-state index is 0.0107. The fourth-order valence-electron chi connectivity index (χ4n) is 3.63. The van der Waals surface area contributed by atoms with Crippen molar-refractivity contribution < 1.29 is 14.7 Å². The molecule has 1 atom stereocenters. The van der Waals surface area contributed by atoms with Gasteiger partial charge < -0.3 is 21.9 Å². The zero-order chi connectivity index (χ0) is 23.3. The molecule has 0 spiro atoms. The predicted octanol–water partition coefficient (Wildman–Crippen LogP) is 4.73. The Hall–Kier alpha value is -1.79. The molecular formula is C24H48N4O3. The number of hydrogen-bond acceptors (Lipinski definition) is 3. The second-order valence-electron chi connectivity index (χ2n) is 9.08. The van der Waals surface area contributed by atoms with Gasteiger partial charge in [0.15, 0.2) is 5.96 Å². The molecule has 0 bridgehead atoms. The normalized spacial score (nSPS) is 12.0. The molecule has 31 heavy (non-hydrogen) atoms. The van der Waals surface area contributed by atoms with Gasteiger partial charge in [-0.3, -0.25) is 9.79 Å². The van der Waals surface area contributed by atoms with Gasteiger partial charge in [0.1, 0.15) is 6.04 Å². The Balaban J connectivity index is 3.55. The summed E-state index contributed by atoms with van der Waals surface area (Å²) in [7, 11) is 0. The minimum atomic E-state index is -1.02. The van der Waals surface area contributed by atoms with E-state index in [0.29, 0.717) is 25.8 Å². The van der Waals surface area contributed by atoms with E-state index in [-0.39, 0.29) is 11.9 Å². The van der Waals surface area contributed by atoms with Crippen molar-refractivity contribution in [2.75, 3.05) is 6.54 Å². The molecule has 6 N–H and O–H groups in total. The highest BCUT2D eigenvalue weighted by Gasteiger charge is 2.18. The molecule has 182 valence electrons. The van der Waals surface area contributed by atoms with Gasteiger partial charge in [0.05, 0.1) is 0 Å². The molecule has 0 rings (SSSR count). The molecule has 0 saturated heterocycles. The summed E-state index contributed by atoms with van der Waals surface area (Å²) in [6, 6.07) is -0.878. The SMILES string of the molecule is CC(C)CCCCCCCCCCCCCCC(=O)N[C@@H](CCCN=C(N)N)C(=O)O. The van der Waals surface area contributed by atoms with E-state index in [9.17, 15) is 14.7 Å². The molecule has 0 aromatic carbocycles. The Morgan fingerprint density at radius 1 is 0.774 bits per heavy atom. The standard InChI is InChI=1S/C24H48N4O3/c1-20(2)16-13-11-9-7-5-3-4-6-8-10-12-14-18-22(29)28-21(23(30)31)17-15-19-27-24(25)26/h20-21H,3-19H2,1-2H3,(H,28,29)(H,30,31)(H4,25,26,27)/t21-/m0/s1. The van der Waals surface area contributed by atoms with Crippen LogP contribution in [-0.4, -0.2) is 35.5 Å². The van der Waals surface area contributed by atoms with Crippen LogP contribution in [0.2, 0.25) is 0 Å². The average molecular weight is 441 g/mol. The van der Waals surface area contributed by atoms with Crippen LogP contribution in [-0.2, 0) is 9.59 Å². The summed E-state index contributed by atoms with van der Waals surface area (Å²) in [5.74, 6) is -0.386. The Morgan fingerprint density at radius 2 is 1.26 bits per heavy atom. The maximum Gasteiger partial charge on any atom is 0.326 e. The second kappa shape index (κ2) is 20.1. The summed E-state index contributed by atoms with van der Waals surface area (Å²) in [4.78, 5) is 27.1. The van der Waals surface area contributed by atoms with E-state index in [2.05, 4.69) is 24.2 Å². The highest BCUT2D eigenvalue weighted by Crippen LogP contribution is 2.14. The van der Waals surface area contributed by atoms with Crippen molar-refractivity contribution in [3.8, 4) is 0 Å². The number of carbonyl (C=O) groups is 2. The summed E-state index contributed by atoms with van der Waals surface area (Å²) >= 11 is 0. The lowest BCUT2D eigenvalue weighted by Gasteiger charge is -2.14. The number of hydrogen-bond donors (Lipinski definition) is 4. The smallest absolute Gasteiger partial charge is 0.326 e. The van der Waals surface area contributed by atoms with Crippen molar-refractivity contribution in [1.29, 1.82) is 0 Å². The van der Waals surface area contributed by atoms with Crippen LogP contribution in [0.1, 0.15) is 117 Å². The van der Waals surface area contributed by atoms with Crippen LogP contribution in [0.5, 0.6) is 0 Å². The molecule has 0 aromatic heterocycles. The predicted molar refractivity (Wildman–Crippen MR) is 129 cm³/mol. The summed E-state index contributed by atoms with van der Waals surface area (Å²) in [6.07, 6.45) is 17.6. The maximum atomic E-state index is 12.0. The molecule has 7 nitrogen and oxygen atoms in total. The Labute approximate surface area is 189 Å². The molecule has 0 unspecified atom stereocenters. The number of nitrogens with one attached hydrogen (secondary N) is 1. The fraction of sp³-hybridized carbons (Fsp3) is 0.875. The Bertz CT molecular complexity index is 491. The number of nitrogens with two attached hydrogens (primary N) is 2. The van der Waals surface area contributed by atoms with E-state index in [1.165, 1.54) is 64.2 Å².